The minimum Gasteiger partial charge on any atom is -0.497 e. The van der Waals surface area contributed by atoms with Crippen LogP contribution in [0.4, 0.5) is 0 Å². The molecule has 0 aromatic heterocycles. The summed E-state index contributed by atoms with van der Waals surface area (Å²) in [5.74, 6) is 2.51. The number of ether oxygens (including phenoxy) is 1. The molecule has 1 fully saturated rings. The van der Waals surface area contributed by atoms with E-state index in [1.807, 2.05) is 19.2 Å². The van der Waals surface area contributed by atoms with Crippen molar-refractivity contribution in [3.63, 3.8) is 0 Å². The van der Waals surface area contributed by atoms with Crippen molar-refractivity contribution < 1.29 is 4.74 Å². The molecule has 1 aromatic rings. The number of hydrogen-bond donors (Lipinski definition) is 2. The Morgan fingerprint density at radius 2 is 1.96 bits per heavy atom. The number of hydrogen-bond acceptors (Lipinski definition) is 3. The minimum absolute atomic E-state index is 0. The fourth-order valence-electron chi connectivity index (χ4n) is 3.30. The summed E-state index contributed by atoms with van der Waals surface area (Å²) in [6.45, 7) is 11.0. The molecule has 2 N–H and O–H groups in total. The van der Waals surface area contributed by atoms with Crippen LogP contribution < -0.4 is 15.4 Å². The van der Waals surface area contributed by atoms with E-state index >= 15 is 0 Å². The molecule has 0 aliphatic carbocycles. The molecule has 1 atom stereocenters. The molecular formula is C20H35IN4O. The van der Waals surface area contributed by atoms with Gasteiger partial charge in [-0.2, -0.15) is 0 Å². The van der Waals surface area contributed by atoms with E-state index in [4.69, 9.17) is 4.74 Å². The second-order valence-electron chi connectivity index (χ2n) is 7.63. The van der Waals surface area contributed by atoms with Gasteiger partial charge in [0.1, 0.15) is 5.75 Å². The lowest BCUT2D eigenvalue weighted by Crippen LogP contribution is -2.55. The van der Waals surface area contributed by atoms with E-state index in [1.165, 1.54) is 31.5 Å². The van der Waals surface area contributed by atoms with Crippen molar-refractivity contribution in [2.75, 3.05) is 33.8 Å². The van der Waals surface area contributed by atoms with Crippen LogP contribution in [0.5, 0.6) is 5.75 Å². The predicted octanol–water partition coefficient (Wildman–Crippen LogP) is 3.49. The van der Waals surface area contributed by atoms with E-state index in [-0.39, 0.29) is 29.5 Å². The summed E-state index contributed by atoms with van der Waals surface area (Å²) in [6.07, 6.45) is 2.65. The van der Waals surface area contributed by atoms with E-state index in [0.29, 0.717) is 0 Å². The number of nitrogens with one attached hydrogen (secondary N) is 2. The molecule has 1 heterocycles. The Morgan fingerprint density at radius 3 is 2.54 bits per heavy atom. The Labute approximate surface area is 176 Å². The van der Waals surface area contributed by atoms with Crippen LogP contribution in [-0.4, -0.2) is 50.2 Å². The molecule has 0 radical (unpaired) electrons. The van der Waals surface area contributed by atoms with Gasteiger partial charge in [0, 0.05) is 32.2 Å². The van der Waals surface area contributed by atoms with Crippen molar-refractivity contribution in [1.82, 2.24) is 15.5 Å². The van der Waals surface area contributed by atoms with Gasteiger partial charge in [-0.1, -0.05) is 19.1 Å². The van der Waals surface area contributed by atoms with Crippen LogP contribution in [0.25, 0.3) is 0 Å². The number of halogens is 1. The first-order chi connectivity index (χ1) is 11.9. The quantitative estimate of drug-likeness (QED) is 0.377. The number of nitrogens with zero attached hydrogens (tertiary/aromatic N) is 2. The fraction of sp³-hybridized carbons (Fsp3) is 0.650. The Balaban J connectivity index is 0.00000338. The number of guanidine groups is 1. The molecular weight excluding hydrogens is 439 g/mol. The maximum absolute atomic E-state index is 5.20. The zero-order chi connectivity index (χ0) is 18.3. The third kappa shape index (κ3) is 6.95. The summed E-state index contributed by atoms with van der Waals surface area (Å²) < 4.78 is 5.20. The summed E-state index contributed by atoms with van der Waals surface area (Å²) in [6, 6.07) is 8.10. The highest BCUT2D eigenvalue weighted by Gasteiger charge is 2.30. The molecule has 0 spiro atoms. The second kappa shape index (κ2) is 11.0. The highest BCUT2D eigenvalue weighted by molar-refractivity contribution is 14.0. The van der Waals surface area contributed by atoms with Crippen molar-refractivity contribution >= 4 is 29.9 Å². The third-order valence-corrected chi connectivity index (χ3v) is 5.04. The van der Waals surface area contributed by atoms with E-state index in [2.05, 4.69) is 53.4 Å². The molecule has 5 nitrogen and oxygen atoms in total. The normalized spacial score (nSPS) is 18.8. The molecule has 1 aromatic carbocycles. The molecule has 6 heteroatoms. The van der Waals surface area contributed by atoms with Gasteiger partial charge in [0.15, 0.2) is 5.96 Å². The fourth-order valence-corrected chi connectivity index (χ4v) is 3.30. The molecule has 0 bridgehead atoms. The molecule has 0 amide bonds. The first-order valence-corrected chi connectivity index (χ1v) is 9.27. The zero-order valence-corrected chi connectivity index (χ0v) is 19.2. The van der Waals surface area contributed by atoms with Gasteiger partial charge in [0.25, 0.3) is 0 Å². The molecule has 1 saturated heterocycles. The smallest absolute Gasteiger partial charge is 0.191 e. The molecule has 148 valence electrons. The summed E-state index contributed by atoms with van der Waals surface area (Å²) in [7, 11) is 3.50. The van der Waals surface area contributed by atoms with Crippen molar-refractivity contribution in [2.24, 2.45) is 10.9 Å². The maximum Gasteiger partial charge on any atom is 0.191 e. The minimum atomic E-state index is 0. The van der Waals surface area contributed by atoms with Gasteiger partial charge in [0.05, 0.1) is 7.11 Å². The Hall–Kier alpha value is -1.02. The van der Waals surface area contributed by atoms with Crippen molar-refractivity contribution in [3.05, 3.63) is 29.8 Å². The monoisotopic (exact) mass is 474 g/mol. The first kappa shape index (κ1) is 23.0. The van der Waals surface area contributed by atoms with Crippen LogP contribution in [0.15, 0.2) is 29.3 Å². The maximum atomic E-state index is 5.20. The van der Waals surface area contributed by atoms with Crippen molar-refractivity contribution in [2.45, 2.75) is 45.7 Å². The lowest BCUT2D eigenvalue weighted by molar-refractivity contribution is 0.0739. The van der Waals surface area contributed by atoms with Crippen LogP contribution in [-0.2, 0) is 6.54 Å². The summed E-state index contributed by atoms with van der Waals surface area (Å²) >= 11 is 0. The van der Waals surface area contributed by atoms with Gasteiger partial charge in [0.2, 0.25) is 0 Å². The van der Waals surface area contributed by atoms with Crippen molar-refractivity contribution in [1.29, 1.82) is 0 Å². The molecule has 1 aliphatic rings. The zero-order valence-electron chi connectivity index (χ0n) is 16.8. The van der Waals surface area contributed by atoms with Crippen molar-refractivity contribution in [3.8, 4) is 5.75 Å². The Morgan fingerprint density at radius 1 is 1.27 bits per heavy atom. The number of likely N-dealkylation sites (tertiary alicyclic amines) is 1. The average Bonchev–Trinajstić information content (AvgIpc) is 2.62. The van der Waals surface area contributed by atoms with Gasteiger partial charge < -0.3 is 15.4 Å². The third-order valence-electron chi connectivity index (χ3n) is 5.04. The summed E-state index contributed by atoms with van der Waals surface area (Å²) in [4.78, 5) is 6.95. The topological polar surface area (TPSA) is 48.9 Å². The largest absolute Gasteiger partial charge is 0.497 e. The Bertz CT molecular complexity index is 559. The number of piperidine rings is 1. The average molecular weight is 474 g/mol. The number of methoxy groups -OCH3 is 1. The van der Waals surface area contributed by atoms with E-state index < -0.39 is 0 Å². The SMILES string of the molecule is CN=C(NCc1ccc(OC)cc1)NCC(C)(C)N1CCCC(C)C1.I. The first-order valence-electron chi connectivity index (χ1n) is 9.27. The van der Waals surface area contributed by atoms with Crippen LogP contribution in [0.3, 0.4) is 0 Å². The van der Waals surface area contributed by atoms with Crippen LogP contribution in [0, 0.1) is 5.92 Å². The van der Waals surface area contributed by atoms with Crippen LogP contribution in [0.2, 0.25) is 0 Å². The molecule has 0 saturated carbocycles. The van der Waals surface area contributed by atoms with E-state index in [9.17, 15) is 0 Å². The molecule has 1 aliphatic heterocycles. The number of benzene rings is 1. The molecule has 26 heavy (non-hydrogen) atoms. The lowest BCUT2D eigenvalue weighted by Gasteiger charge is -2.43. The van der Waals surface area contributed by atoms with Gasteiger partial charge in [-0.05, 0) is 56.8 Å². The molecule has 2 rings (SSSR count). The summed E-state index contributed by atoms with van der Waals surface area (Å²) in [5.41, 5.74) is 1.32. The second-order valence-corrected chi connectivity index (χ2v) is 7.63. The predicted molar refractivity (Wildman–Crippen MR) is 121 cm³/mol. The van der Waals surface area contributed by atoms with Gasteiger partial charge in [-0.15, -0.1) is 24.0 Å². The van der Waals surface area contributed by atoms with E-state index in [0.717, 1.165) is 30.7 Å². The highest BCUT2D eigenvalue weighted by atomic mass is 127. The van der Waals surface area contributed by atoms with Gasteiger partial charge >= 0.3 is 0 Å². The number of aliphatic imine (C=N–C) groups is 1. The van der Waals surface area contributed by atoms with Crippen LogP contribution >= 0.6 is 24.0 Å². The standard InChI is InChI=1S/C20H34N4O.HI/c1-16-7-6-12-24(14-16)20(2,3)15-23-19(21-4)22-13-17-8-10-18(25-5)11-9-17;/h8-11,16H,6-7,12-15H2,1-5H3,(H2,21,22,23);1H. The van der Waals surface area contributed by atoms with E-state index in [1.54, 1.807) is 7.11 Å². The van der Waals surface area contributed by atoms with Crippen LogP contribution in [0.1, 0.15) is 39.2 Å². The number of rotatable bonds is 6. The Kier molecular flexibility index (Phi) is 9.71. The summed E-state index contributed by atoms with van der Waals surface area (Å²) in [5, 5.41) is 6.87. The van der Waals surface area contributed by atoms with Gasteiger partial charge in [-0.25, -0.2) is 0 Å². The lowest BCUT2D eigenvalue weighted by atomic mass is 9.93. The molecule has 1 unspecified atom stereocenters. The highest BCUT2D eigenvalue weighted by Crippen LogP contribution is 2.23. The van der Waals surface area contributed by atoms with Gasteiger partial charge in [-0.3, -0.25) is 9.89 Å².